The third-order valence-corrected chi connectivity index (χ3v) is 1.52. The zero-order chi connectivity index (χ0) is 11.0. The first-order chi connectivity index (χ1) is 6.61. The second-order valence-electron chi connectivity index (χ2n) is 2.63. The molecule has 0 heterocycles. The summed E-state index contributed by atoms with van der Waals surface area (Å²) in [5, 5.41) is 2.73. The number of likely N-dealkylation sites (N-methyl/N-ethyl adjacent to an activating group) is 1. The monoisotopic (exact) mass is 198 g/mol. The predicted molar refractivity (Wildman–Crippen MR) is 51.4 cm³/mol. The van der Waals surface area contributed by atoms with Crippen LogP contribution >= 0.6 is 0 Å². The van der Waals surface area contributed by atoms with Crippen LogP contribution in [0.4, 0.5) is 0 Å². The number of nitrogens with zero attached hydrogens (tertiary/aromatic N) is 1. The first-order valence-electron chi connectivity index (χ1n) is 4.06. The Morgan fingerprint density at radius 2 is 2.21 bits per heavy atom. The molecule has 0 radical (unpaired) electrons. The minimum Gasteiger partial charge on any atom is -0.468 e. The standard InChI is InChI=1S/C9H14N2O3/c1-4-5-10-6-8(12)11(2)7-9(13)14-3/h1,10H,5-7H2,2-3H3. The Kier molecular flexibility index (Phi) is 6.16. The van der Waals surface area contributed by atoms with Gasteiger partial charge in [0.2, 0.25) is 5.91 Å². The number of hydrogen-bond donors (Lipinski definition) is 1. The zero-order valence-corrected chi connectivity index (χ0v) is 8.37. The number of esters is 1. The van der Waals surface area contributed by atoms with Gasteiger partial charge in [0.05, 0.1) is 20.2 Å². The Bertz CT molecular complexity index is 245. The first kappa shape index (κ1) is 12.5. The molecule has 1 N–H and O–H groups in total. The maximum Gasteiger partial charge on any atom is 0.325 e. The molecule has 0 aliphatic carbocycles. The molecule has 0 aromatic heterocycles. The molecule has 1 amide bonds. The Balaban J connectivity index is 3.77. The van der Waals surface area contributed by atoms with Crippen LogP contribution in [0.25, 0.3) is 0 Å². The maximum absolute atomic E-state index is 11.3. The van der Waals surface area contributed by atoms with Gasteiger partial charge in [-0.3, -0.25) is 14.9 Å². The number of terminal acetylenes is 1. The van der Waals surface area contributed by atoms with E-state index in [1.54, 1.807) is 0 Å². The van der Waals surface area contributed by atoms with Crippen LogP contribution in [0.5, 0.6) is 0 Å². The SMILES string of the molecule is C#CCNCC(=O)N(C)CC(=O)OC. The lowest BCUT2D eigenvalue weighted by molar-refractivity contribution is -0.145. The van der Waals surface area contributed by atoms with Crippen molar-refractivity contribution in [3.05, 3.63) is 0 Å². The van der Waals surface area contributed by atoms with Gasteiger partial charge in [0, 0.05) is 7.05 Å². The molecule has 5 nitrogen and oxygen atoms in total. The van der Waals surface area contributed by atoms with Gasteiger partial charge in [0.1, 0.15) is 6.54 Å². The van der Waals surface area contributed by atoms with Crippen molar-refractivity contribution < 1.29 is 14.3 Å². The fraction of sp³-hybridized carbons (Fsp3) is 0.556. The van der Waals surface area contributed by atoms with E-state index in [1.165, 1.54) is 19.1 Å². The van der Waals surface area contributed by atoms with E-state index in [4.69, 9.17) is 6.42 Å². The van der Waals surface area contributed by atoms with Crippen molar-refractivity contribution in [2.45, 2.75) is 0 Å². The Labute approximate surface area is 83.4 Å². The van der Waals surface area contributed by atoms with Crippen LogP contribution in [0, 0.1) is 12.3 Å². The minimum atomic E-state index is -0.446. The predicted octanol–water partition coefficient (Wildman–Crippen LogP) is -1.16. The van der Waals surface area contributed by atoms with E-state index >= 15 is 0 Å². The third-order valence-electron chi connectivity index (χ3n) is 1.52. The van der Waals surface area contributed by atoms with E-state index in [1.807, 2.05) is 0 Å². The van der Waals surface area contributed by atoms with Crippen LogP contribution in [0.3, 0.4) is 0 Å². The fourth-order valence-electron chi connectivity index (χ4n) is 0.723. The molecule has 0 saturated heterocycles. The number of methoxy groups -OCH3 is 1. The number of carbonyl (C=O) groups is 2. The van der Waals surface area contributed by atoms with Crippen molar-refractivity contribution in [3.8, 4) is 12.3 Å². The molecule has 0 bridgehead atoms. The first-order valence-corrected chi connectivity index (χ1v) is 4.06. The summed E-state index contributed by atoms with van der Waals surface area (Å²) in [6, 6.07) is 0. The molecular formula is C9H14N2O3. The summed E-state index contributed by atoms with van der Waals surface area (Å²) in [6.07, 6.45) is 4.98. The molecule has 5 heteroatoms. The van der Waals surface area contributed by atoms with Crippen LogP contribution in [0.1, 0.15) is 0 Å². The molecule has 0 spiro atoms. The molecule has 0 aromatic carbocycles. The summed E-state index contributed by atoms with van der Waals surface area (Å²) in [4.78, 5) is 23.3. The number of ether oxygens (including phenoxy) is 1. The molecular weight excluding hydrogens is 184 g/mol. The lowest BCUT2D eigenvalue weighted by atomic mass is 10.4. The highest BCUT2D eigenvalue weighted by Crippen LogP contribution is 1.85. The van der Waals surface area contributed by atoms with Gasteiger partial charge in [-0.05, 0) is 0 Å². The average molecular weight is 198 g/mol. The average Bonchev–Trinajstić information content (AvgIpc) is 2.17. The summed E-state index contributed by atoms with van der Waals surface area (Å²) in [5.74, 6) is 1.69. The highest BCUT2D eigenvalue weighted by atomic mass is 16.5. The molecule has 0 unspecified atom stereocenters. The molecule has 0 rings (SSSR count). The van der Waals surface area contributed by atoms with Gasteiger partial charge in [0.15, 0.2) is 0 Å². The molecule has 0 saturated carbocycles. The van der Waals surface area contributed by atoms with Crippen molar-refractivity contribution in [1.82, 2.24) is 10.2 Å². The topological polar surface area (TPSA) is 58.6 Å². The van der Waals surface area contributed by atoms with Crippen LogP contribution < -0.4 is 5.32 Å². The molecule has 14 heavy (non-hydrogen) atoms. The molecule has 78 valence electrons. The van der Waals surface area contributed by atoms with E-state index in [9.17, 15) is 9.59 Å². The highest BCUT2D eigenvalue weighted by Gasteiger charge is 2.11. The minimum absolute atomic E-state index is 0.0485. The van der Waals surface area contributed by atoms with E-state index in [-0.39, 0.29) is 19.0 Å². The maximum atomic E-state index is 11.3. The summed E-state index contributed by atoms with van der Waals surface area (Å²) < 4.78 is 4.41. The molecule has 0 atom stereocenters. The second kappa shape index (κ2) is 6.92. The van der Waals surface area contributed by atoms with Crippen molar-refractivity contribution in [1.29, 1.82) is 0 Å². The lowest BCUT2D eigenvalue weighted by Crippen LogP contribution is -2.38. The Hall–Kier alpha value is -1.54. The van der Waals surface area contributed by atoms with Crippen LogP contribution in [-0.4, -0.2) is 50.6 Å². The van der Waals surface area contributed by atoms with E-state index in [0.717, 1.165) is 0 Å². The number of nitrogens with one attached hydrogen (secondary N) is 1. The smallest absolute Gasteiger partial charge is 0.325 e. The lowest BCUT2D eigenvalue weighted by Gasteiger charge is -2.15. The van der Waals surface area contributed by atoms with Gasteiger partial charge in [0.25, 0.3) is 0 Å². The van der Waals surface area contributed by atoms with Crippen molar-refractivity contribution in [2.75, 3.05) is 33.8 Å². The summed E-state index contributed by atoms with van der Waals surface area (Å²) in [5.41, 5.74) is 0. The van der Waals surface area contributed by atoms with Crippen molar-refractivity contribution >= 4 is 11.9 Å². The van der Waals surface area contributed by atoms with E-state index in [2.05, 4.69) is 16.0 Å². The fourth-order valence-corrected chi connectivity index (χ4v) is 0.723. The summed E-state index contributed by atoms with van der Waals surface area (Å²) >= 11 is 0. The largest absolute Gasteiger partial charge is 0.468 e. The molecule has 0 aliphatic rings. The number of carbonyl (C=O) groups excluding carboxylic acids is 2. The van der Waals surface area contributed by atoms with Crippen LogP contribution in [0.2, 0.25) is 0 Å². The third kappa shape index (κ3) is 5.17. The quantitative estimate of drug-likeness (QED) is 0.344. The van der Waals surface area contributed by atoms with Gasteiger partial charge in [-0.25, -0.2) is 0 Å². The molecule has 0 aromatic rings. The van der Waals surface area contributed by atoms with Gasteiger partial charge >= 0.3 is 5.97 Å². The van der Waals surface area contributed by atoms with Crippen molar-refractivity contribution in [3.63, 3.8) is 0 Å². The normalized spacial score (nSPS) is 8.93. The Morgan fingerprint density at radius 1 is 1.57 bits per heavy atom. The van der Waals surface area contributed by atoms with E-state index in [0.29, 0.717) is 6.54 Å². The van der Waals surface area contributed by atoms with Gasteiger partial charge in [-0.15, -0.1) is 6.42 Å². The molecule has 0 fully saturated rings. The number of amides is 1. The number of hydrogen-bond acceptors (Lipinski definition) is 4. The second-order valence-corrected chi connectivity index (χ2v) is 2.63. The van der Waals surface area contributed by atoms with Gasteiger partial charge < -0.3 is 9.64 Å². The van der Waals surface area contributed by atoms with Crippen LogP contribution in [0.15, 0.2) is 0 Å². The van der Waals surface area contributed by atoms with Gasteiger partial charge in [-0.1, -0.05) is 5.92 Å². The number of rotatable bonds is 5. The summed E-state index contributed by atoms with van der Waals surface area (Å²) in [6.45, 7) is 0.405. The highest BCUT2D eigenvalue weighted by molar-refractivity contribution is 5.83. The van der Waals surface area contributed by atoms with Gasteiger partial charge in [-0.2, -0.15) is 0 Å². The summed E-state index contributed by atoms with van der Waals surface area (Å²) in [7, 11) is 2.80. The van der Waals surface area contributed by atoms with E-state index < -0.39 is 5.97 Å². The molecule has 0 aliphatic heterocycles. The van der Waals surface area contributed by atoms with Crippen molar-refractivity contribution in [2.24, 2.45) is 0 Å². The Morgan fingerprint density at radius 3 is 2.71 bits per heavy atom. The van der Waals surface area contributed by atoms with Crippen LogP contribution in [-0.2, 0) is 14.3 Å². The zero-order valence-electron chi connectivity index (χ0n) is 8.37.